The van der Waals surface area contributed by atoms with E-state index in [0.717, 1.165) is 11.3 Å². The number of aromatic nitrogens is 2. The molecule has 0 aliphatic heterocycles. The summed E-state index contributed by atoms with van der Waals surface area (Å²) in [7, 11) is 0. The summed E-state index contributed by atoms with van der Waals surface area (Å²) >= 11 is 6.12. The fraction of sp³-hybridized carbons (Fsp3) is 0.118. The summed E-state index contributed by atoms with van der Waals surface area (Å²) in [5.41, 5.74) is 2.89. The zero-order valence-electron chi connectivity index (χ0n) is 13.1. The molecular weight excluding hydrogens is 328 g/mol. The van der Waals surface area contributed by atoms with Crippen molar-refractivity contribution >= 4 is 34.7 Å². The number of halogens is 1. The number of nitrogens with zero attached hydrogens (tertiary/aromatic N) is 2. The molecule has 0 saturated heterocycles. The number of hydrogen-bond acceptors (Lipinski definition) is 5. The van der Waals surface area contributed by atoms with Gasteiger partial charge in [-0.2, -0.15) is 0 Å². The Morgan fingerprint density at radius 2 is 1.96 bits per heavy atom. The number of carbonyl (C=O) groups is 1. The molecule has 0 bridgehead atoms. The molecule has 1 aromatic carbocycles. The first-order chi connectivity index (χ1) is 11.5. The summed E-state index contributed by atoms with van der Waals surface area (Å²) < 4.78 is 4.92. The second-order valence-electron chi connectivity index (χ2n) is 5.33. The molecule has 2 heterocycles. The highest BCUT2D eigenvalue weighted by Gasteiger charge is 2.10. The van der Waals surface area contributed by atoms with Gasteiger partial charge in [0.2, 0.25) is 0 Å². The fourth-order valence-electron chi connectivity index (χ4n) is 2.08. The Morgan fingerprint density at radius 3 is 2.67 bits per heavy atom. The molecule has 0 atom stereocenters. The Balaban J connectivity index is 1.75. The summed E-state index contributed by atoms with van der Waals surface area (Å²) in [5.74, 6) is 0.664. The standard InChI is InChI=1S/C17H15ClN4O2/c1-10-3-4-13(7-15(10)18)20-14-6-12(8-19-9-14)17(23)21-16-5-11(2)24-22-16/h3-9,20H,1-2H3,(H,21,22,23). The molecule has 0 radical (unpaired) electrons. The molecule has 0 saturated carbocycles. The number of benzene rings is 1. The lowest BCUT2D eigenvalue weighted by atomic mass is 10.2. The van der Waals surface area contributed by atoms with E-state index in [1.165, 1.54) is 6.20 Å². The maximum Gasteiger partial charge on any atom is 0.258 e. The first-order valence-electron chi connectivity index (χ1n) is 7.24. The van der Waals surface area contributed by atoms with Gasteiger partial charge in [-0.1, -0.05) is 22.8 Å². The van der Waals surface area contributed by atoms with Crippen LogP contribution in [0.3, 0.4) is 0 Å². The Hall–Kier alpha value is -2.86. The summed E-state index contributed by atoms with van der Waals surface area (Å²) in [5, 5.41) is 10.2. The number of nitrogens with one attached hydrogen (secondary N) is 2. The Kier molecular flexibility index (Phi) is 4.48. The van der Waals surface area contributed by atoms with Gasteiger partial charge < -0.3 is 15.2 Å². The molecule has 122 valence electrons. The van der Waals surface area contributed by atoms with E-state index in [0.29, 0.717) is 27.9 Å². The predicted octanol–water partition coefficient (Wildman–Crippen LogP) is 4.34. The topological polar surface area (TPSA) is 80.0 Å². The van der Waals surface area contributed by atoms with Crippen LogP contribution in [0, 0.1) is 13.8 Å². The molecule has 1 amide bonds. The Labute approximate surface area is 143 Å². The van der Waals surface area contributed by atoms with E-state index in [2.05, 4.69) is 20.8 Å². The number of pyridine rings is 1. The van der Waals surface area contributed by atoms with Gasteiger partial charge in [-0.15, -0.1) is 0 Å². The Bertz CT molecular complexity index is 892. The van der Waals surface area contributed by atoms with Crippen LogP contribution in [0.15, 0.2) is 47.2 Å². The number of amides is 1. The van der Waals surface area contributed by atoms with E-state index in [4.69, 9.17) is 16.1 Å². The largest absolute Gasteiger partial charge is 0.360 e. The second kappa shape index (κ2) is 6.72. The van der Waals surface area contributed by atoms with Crippen LogP contribution in [0.1, 0.15) is 21.7 Å². The molecule has 0 unspecified atom stereocenters. The van der Waals surface area contributed by atoms with Crippen LogP contribution >= 0.6 is 11.6 Å². The average molecular weight is 343 g/mol. The van der Waals surface area contributed by atoms with E-state index in [1.807, 2.05) is 25.1 Å². The zero-order valence-corrected chi connectivity index (χ0v) is 13.9. The van der Waals surface area contributed by atoms with Crippen molar-refractivity contribution in [2.45, 2.75) is 13.8 Å². The Morgan fingerprint density at radius 1 is 1.12 bits per heavy atom. The van der Waals surface area contributed by atoms with E-state index in [1.54, 1.807) is 25.3 Å². The molecule has 7 heteroatoms. The van der Waals surface area contributed by atoms with Crippen molar-refractivity contribution in [1.82, 2.24) is 10.1 Å². The van der Waals surface area contributed by atoms with Crippen LogP contribution < -0.4 is 10.6 Å². The highest BCUT2D eigenvalue weighted by Crippen LogP contribution is 2.23. The minimum absolute atomic E-state index is 0.318. The zero-order chi connectivity index (χ0) is 17.1. The van der Waals surface area contributed by atoms with E-state index < -0.39 is 0 Å². The summed E-state index contributed by atoms with van der Waals surface area (Å²) in [6, 6.07) is 8.99. The quantitative estimate of drug-likeness (QED) is 0.737. The summed E-state index contributed by atoms with van der Waals surface area (Å²) in [6.45, 7) is 3.69. The average Bonchev–Trinajstić information content (AvgIpc) is 2.96. The lowest BCUT2D eigenvalue weighted by Crippen LogP contribution is -2.12. The summed E-state index contributed by atoms with van der Waals surface area (Å²) in [6.07, 6.45) is 3.11. The van der Waals surface area contributed by atoms with E-state index >= 15 is 0 Å². The van der Waals surface area contributed by atoms with Gasteiger partial charge in [0.1, 0.15) is 5.76 Å². The number of anilines is 3. The van der Waals surface area contributed by atoms with E-state index in [-0.39, 0.29) is 5.91 Å². The molecule has 0 spiro atoms. The monoisotopic (exact) mass is 342 g/mol. The minimum atomic E-state index is -0.318. The van der Waals surface area contributed by atoms with Crippen molar-refractivity contribution in [2.75, 3.05) is 10.6 Å². The van der Waals surface area contributed by atoms with Crippen LogP contribution in [0.5, 0.6) is 0 Å². The van der Waals surface area contributed by atoms with Gasteiger partial charge in [0.15, 0.2) is 5.82 Å². The van der Waals surface area contributed by atoms with Crippen molar-refractivity contribution < 1.29 is 9.32 Å². The molecule has 0 fully saturated rings. The smallest absolute Gasteiger partial charge is 0.258 e. The van der Waals surface area contributed by atoms with Gasteiger partial charge >= 0.3 is 0 Å². The van der Waals surface area contributed by atoms with Crippen molar-refractivity contribution in [3.05, 3.63) is 64.6 Å². The number of carbonyl (C=O) groups excluding carboxylic acids is 1. The lowest BCUT2D eigenvalue weighted by molar-refractivity contribution is 0.102. The van der Waals surface area contributed by atoms with Gasteiger partial charge in [0.25, 0.3) is 5.91 Å². The van der Waals surface area contributed by atoms with Gasteiger partial charge in [0, 0.05) is 23.0 Å². The molecule has 3 aromatic rings. The van der Waals surface area contributed by atoms with Crippen LogP contribution in [0.2, 0.25) is 5.02 Å². The van der Waals surface area contributed by atoms with Crippen LogP contribution in [0.4, 0.5) is 17.2 Å². The molecular formula is C17H15ClN4O2. The van der Waals surface area contributed by atoms with Gasteiger partial charge in [-0.25, -0.2) is 0 Å². The molecule has 0 aliphatic carbocycles. The highest BCUT2D eigenvalue weighted by atomic mass is 35.5. The van der Waals surface area contributed by atoms with Crippen molar-refractivity contribution in [2.24, 2.45) is 0 Å². The van der Waals surface area contributed by atoms with Gasteiger partial charge in [0.05, 0.1) is 17.4 Å². The third-order valence-electron chi connectivity index (χ3n) is 3.33. The number of hydrogen-bond donors (Lipinski definition) is 2. The molecule has 6 nitrogen and oxygen atoms in total. The first-order valence-corrected chi connectivity index (χ1v) is 7.62. The molecule has 0 aliphatic rings. The van der Waals surface area contributed by atoms with Crippen molar-refractivity contribution in [3.8, 4) is 0 Å². The maximum atomic E-state index is 12.2. The number of rotatable bonds is 4. The van der Waals surface area contributed by atoms with Crippen LogP contribution in [-0.2, 0) is 0 Å². The summed E-state index contributed by atoms with van der Waals surface area (Å²) in [4.78, 5) is 16.3. The fourth-order valence-corrected chi connectivity index (χ4v) is 2.26. The molecule has 2 N–H and O–H groups in total. The van der Waals surface area contributed by atoms with Crippen LogP contribution in [0.25, 0.3) is 0 Å². The van der Waals surface area contributed by atoms with Crippen LogP contribution in [-0.4, -0.2) is 16.0 Å². The lowest BCUT2D eigenvalue weighted by Gasteiger charge is -2.09. The first kappa shape index (κ1) is 16.0. The van der Waals surface area contributed by atoms with Gasteiger partial charge in [-0.05, 0) is 37.6 Å². The molecule has 24 heavy (non-hydrogen) atoms. The second-order valence-corrected chi connectivity index (χ2v) is 5.74. The van der Waals surface area contributed by atoms with Gasteiger partial charge in [-0.3, -0.25) is 9.78 Å². The van der Waals surface area contributed by atoms with Crippen molar-refractivity contribution in [1.29, 1.82) is 0 Å². The normalized spacial score (nSPS) is 10.5. The molecule has 3 rings (SSSR count). The third-order valence-corrected chi connectivity index (χ3v) is 3.74. The van der Waals surface area contributed by atoms with E-state index in [9.17, 15) is 4.79 Å². The SMILES string of the molecule is Cc1cc(NC(=O)c2cncc(Nc3ccc(C)c(Cl)c3)c2)no1. The third kappa shape index (κ3) is 3.72. The predicted molar refractivity (Wildman–Crippen MR) is 92.9 cm³/mol. The number of aryl methyl sites for hydroxylation is 2. The molecule has 2 aromatic heterocycles. The highest BCUT2D eigenvalue weighted by molar-refractivity contribution is 6.31. The maximum absolute atomic E-state index is 12.2. The van der Waals surface area contributed by atoms with Crippen molar-refractivity contribution in [3.63, 3.8) is 0 Å². The minimum Gasteiger partial charge on any atom is -0.360 e.